The van der Waals surface area contributed by atoms with Gasteiger partial charge in [0.15, 0.2) is 19.3 Å². The third kappa shape index (κ3) is 5.35. The van der Waals surface area contributed by atoms with Gasteiger partial charge in [0.1, 0.15) is 10.0 Å². The first-order valence-corrected chi connectivity index (χ1v) is 25.2. The predicted octanol–water partition coefficient (Wildman–Crippen LogP) is 15.2. The lowest BCUT2D eigenvalue weighted by Gasteiger charge is -2.36. The summed E-state index contributed by atoms with van der Waals surface area (Å²) in [6.07, 6.45) is 0. The van der Waals surface area contributed by atoms with E-state index in [-0.39, 0.29) is 0 Å². The fourth-order valence-electron chi connectivity index (χ4n) is 10.3. The van der Waals surface area contributed by atoms with Crippen LogP contribution in [0.1, 0.15) is 66.8 Å². The second-order valence-corrected chi connectivity index (χ2v) is 21.7. The Kier molecular flexibility index (Phi) is 8.22. The molecule has 0 fully saturated rings. The molecule has 302 valence electrons. The van der Waals surface area contributed by atoms with Gasteiger partial charge in [-0.2, -0.15) is 0 Å². The minimum atomic E-state index is -0.617. The summed E-state index contributed by atoms with van der Waals surface area (Å²) in [5.41, 5.74) is 22.7. The monoisotopic (exact) mass is 900 g/mol. The van der Waals surface area contributed by atoms with Crippen molar-refractivity contribution >= 4 is 76.0 Å². The molecule has 0 spiro atoms. The minimum absolute atomic E-state index is 0.582. The van der Waals surface area contributed by atoms with Crippen LogP contribution in [0.25, 0.3) is 61.3 Å². The van der Waals surface area contributed by atoms with Gasteiger partial charge in [0.05, 0.1) is 26.7 Å². The second kappa shape index (κ2) is 13.8. The van der Waals surface area contributed by atoms with Crippen molar-refractivity contribution in [3.05, 3.63) is 211 Å². The van der Waals surface area contributed by atoms with Gasteiger partial charge in [-0.3, -0.25) is 0 Å². The van der Waals surface area contributed by atoms with Gasteiger partial charge in [0, 0.05) is 10.4 Å². The van der Waals surface area contributed by atoms with Gasteiger partial charge in [-0.1, -0.05) is 154 Å². The third-order valence-corrected chi connectivity index (χ3v) is 18.3. The molecule has 2 aliphatic rings. The van der Waals surface area contributed by atoms with E-state index in [0.29, 0.717) is 0 Å². The van der Waals surface area contributed by atoms with Crippen LogP contribution >= 0.6 is 56.7 Å². The Hall–Kier alpha value is -5.94. The first-order valence-electron chi connectivity index (χ1n) is 21.0. The van der Waals surface area contributed by atoms with Crippen molar-refractivity contribution in [3.8, 4) is 42.0 Å². The van der Waals surface area contributed by atoms with E-state index in [4.69, 9.17) is 9.97 Å². The van der Waals surface area contributed by atoms with E-state index in [0.717, 1.165) is 34.9 Å². The Morgan fingerprint density at radius 3 is 1.35 bits per heavy atom. The van der Waals surface area contributed by atoms with E-state index >= 15 is 0 Å². The van der Waals surface area contributed by atoms with E-state index in [1.165, 1.54) is 93.2 Å². The maximum atomic E-state index is 5.15. The number of rotatable bonds is 6. The number of aromatic nitrogens is 4. The molecule has 0 radical (unpaired) electrons. The third-order valence-electron chi connectivity index (χ3n) is 13.3. The van der Waals surface area contributed by atoms with Crippen molar-refractivity contribution in [2.24, 2.45) is 0 Å². The molecule has 5 aromatic heterocycles. The molecule has 63 heavy (non-hydrogen) atoms. The van der Waals surface area contributed by atoms with Crippen LogP contribution in [0.15, 0.2) is 144 Å². The smallest absolute Gasteiger partial charge is 0.155 e. The first kappa shape index (κ1) is 37.6. The number of aryl methyl sites for hydroxylation is 4. The zero-order chi connectivity index (χ0) is 42.2. The number of thiophene rings is 1. The molecule has 2 aliphatic carbocycles. The number of benzene rings is 6. The molecule has 0 saturated heterocycles. The summed E-state index contributed by atoms with van der Waals surface area (Å²) >= 11 is 8.45. The Balaban J connectivity index is 1.16. The number of thiazole rings is 4. The summed E-state index contributed by atoms with van der Waals surface area (Å²) in [5.74, 6) is 0. The fraction of sp³-hybridized carbons (Fsp3) is 0.111. The van der Waals surface area contributed by atoms with E-state index in [1.54, 1.807) is 45.3 Å². The van der Waals surface area contributed by atoms with Crippen molar-refractivity contribution in [1.29, 1.82) is 0 Å². The van der Waals surface area contributed by atoms with Crippen LogP contribution in [0.4, 0.5) is 0 Å². The molecule has 0 amide bonds. The summed E-state index contributed by atoms with van der Waals surface area (Å²) in [5, 5.41) is 2.03. The first-order chi connectivity index (χ1) is 30.8. The van der Waals surface area contributed by atoms with Gasteiger partial charge in [-0.25, -0.2) is 19.9 Å². The van der Waals surface area contributed by atoms with Crippen molar-refractivity contribution in [2.75, 3.05) is 0 Å². The molecule has 9 heteroatoms. The molecule has 0 N–H and O–H groups in total. The highest BCUT2D eigenvalue weighted by atomic mass is 32.1. The minimum Gasteiger partial charge on any atom is -0.232 e. The van der Waals surface area contributed by atoms with E-state index in [2.05, 4.69) is 171 Å². The molecule has 0 bridgehead atoms. The van der Waals surface area contributed by atoms with Gasteiger partial charge in [0.2, 0.25) is 0 Å². The Morgan fingerprint density at radius 1 is 0.381 bits per heavy atom. The zero-order valence-corrected chi connectivity index (χ0v) is 38.8. The highest BCUT2D eigenvalue weighted by Gasteiger charge is 2.52. The normalized spacial score (nSPS) is 14.3. The average molecular weight is 901 g/mol. The molecule has 0 unspecified atom stereocenters. The van der Waals surface area contributed by atoms with Crippen LogP contribution in [-0.2, 0) is 10.8 Å². The maximum absolute atomic E-state index is 5.15. The van der Waals surface area contributed by atoms with Gasteiger partial charge in [-0.05, 0) is 113 Å². The number of hydrogen-bond donors (Lipinski definition) is 0. The fourth-order valence-corrected chi connectivity index (χ4v) is 15.1. The molecule has 13 rings (SSSR count). The van der Waals surface area contributed by atoms with Crippen molar-refractivity contribution in [3.63, 3.8) is 0 Å². The highest BCUT2D eigenvalue weighted by Crippen LogP contribution is 2.65. The second-order valence-electron chi connectivity index (χ2n) is 17.0. The molecular formula is C54H36N4S5. The van der Waals surface area contributed by atoms with Gasteiger partial charge < -0.3 is 0 Å². The molecule has 4 nitrogen and oxygen atoms in total. The molecule has 5 heterocycles. The number of hydrogen-bond acceptors (Lipinski definition) is 9. The van der Waals surface area contributed by atoms with Crippen LogP contribution in [-0.4, -0.2) is 19.9 Å². The molecule has 0 aliphatic heterocycles. The maximum Gasteiger partial charge on any atom is 0.155 e. The van der Waals surface area contributed by atoms with Crippen LogP contribution in [0.2, 0.25) is 0 Å². The quantitative estimate of drug-likeness (QED) is 0.167. The highest BCUT2D eigenvalue weighted by molar-refractivity contribution is 7.30. The molecule has 0 atom stereocenters. The molecule has 6 aromatic carbocycles. The summed E-state index contributed by atoms with van der Waals surface area (Å²) in [6, 6.07) is 51.8. The summed E-state index contributed by atoms with van der Waals surface area (Å²) in [4.78, 5) is 26.0. The van der Waals surface area contributed by atoms with Crippen molar-refractivity contribution in [1.82, 2.24) is 19.9 Å². The summed E-state index contributed by atoms with van der Waals surface area (Å²) in [7, 11) is 0. The Bertz CT molecular complexity index is 3450. The number of fused-ring (bicyclic) bond motifs is 8. The topological polar surface area (TPSA) is 51.6 Å². The standard InChI is InChI=1S/C54H36N4S5/c1-29-5-14-34(15-6-29)53(35-16-7-30(2)8-17-35)41-23-33(47-57-51-49(62-47)55-27-59-51)13-22-38(41)39-24-43-40(25-42(39)53)46-44(26-45(61-46)48-58-52-50(63-48)56-28-60-52)54(43,36-18-9-31(3)10-19-36)37-20-11-32(4)12-21-37/h5-28H,1-4H3. The Labute approximate surface area is 385 Å². The predicted molar refractivity (Wildman–Crippen MR) is 266 cm³/mol. The summed E-state index contributed by atoms with van der Waals surface area (Å²) in [6.45, 7) is 8.72. The lowest BCUT2D eigenvalue weighted by molar-refractivity contribution is 0.759. The average Bonchev–Trinajstić information content (AvgIpc) is 4.16. The van der Waals surface area contributed by atoms with Crippen LogP contribution in [0.3, 0.4) is 0 Å². The van der Waals surface area contributed by atoms with E-state index < -0.39 is 10.8 Å². The van der Waals surface area contributed by atoms with Gasteiger partial charge in [-0.15, -0.1) is 34.0 Å². The lowest BCUT2D eigenvalue weighted by Crippen LogP contribution is -2.30. The van der Waals surface area contributed by atoms with Crippen LogP contribution < -0.4 is 0 Å². The van der Waals surface area contributed by atoms with Gasteiger partial charge in [0.25, 0.3) is 0 Å². The summed E-state index contributed by atoms with van der Waals surface area (Å²) < 4.78 is 0. The SMILES string of the molecule is Cc1ccc(C2(c3ccc(C)cc3)c3cc(-c4nc5scnc5s4)ccc3-c3cc4c(cc32)-c2sc(-c3nc5scnc5s3)cc2C4(c2ccc(C)cc2)c2ccc(C)cc2)cc1. The molecule has 11 aromatic rings. The molecular weight excluding hydrogens is 865 g/mol. The van der Waals surface area contributed by atoms with E-state index in [9.17, 15) is 0 Å². The van der Waals surface area contributed by atoms with Gasteiger partial charge >= 0.3 is 0 Å². The van der Waals surface area contributed by atoms with E-state index in [1.807, 2.05) is 22.4 Å². The zero-order valence-electron chi connectivity index (χ0n) is 34.7. The van der Waals surface area contributed by atoms with Crippen molar-refractivity contribution < 1.29 is 0 Å². The lowest BCUT2D eigenvalue weighted by atomic mass is 9.65. The van der Waals surface area contributed by atoms with Crippen LogP contribution in [0.5, 0.6) is 0 Å². The Morgan fingerprint density at radius 2 is 0.825 bits per heavy atom. The molecule has 0 saturated carbocycles. The number of nitrogens with zero attached hydrogens (tertiary/aromatic N) is 4. The van der Waals surface area contributed by atoms with Crippen LogP contribution in [0, 0.1) is 27.7 Å². The largest absolute Gasteiger partial charge is 0.232 e. The van der Waals surface area contributed by atoms with Crippen molar-refractivity contribution in [2.45, 2.75) is 38.5 Å².